The van der Waals surface area contributed by atoms with Crippen LogP contribution in [-0.4, -0.2) is 18.3 Å². The van der Waals surface area contributed by atoms with Crippen LogP contribution >= 0.6 is 22.6 Å². The highest BCUT2D eigenvalue weighted by molar-refractivity contribution is 14.1. The molecular formula is C17H17IO3. The van der Waals surface area contributed by atoms with Crippen molar-refractivity contribution in [1.82, 2.24) is 0 Å². The Morgan fingerprint density at radius 1 is 1.10 bits per heavy atom. The van der Waals surface area contributed by atoms with Gasteiger partial charge in [0.15, 0.2) is 11.5 Å². The summed E-state index contributed by atoms with van der Waals surface area (Å²) in [5.41, 5.74) is 2.91. The summed E-state index contributed by atoms with van der Waals surface area (Å²) in [4.78, 5) is 0. The van der Waals surface area contributed by atoms with Crippen molar-refractivity contribution in [3.63, 3.8) is 0 Å². The van der Waals surface area contributed by atoms with Crippen LogP contribution in [-0.2, 0) is 0 Å². The molecule has 2 aromatic carbocycles. The fourth-order valence-corrected chi connectivity index (χ4v) is 3.07. The summed E-state index contributed by atoms with van der Waals surface area (Å²) in [5, 5.41) is 10.7. The zero-order valence-corrected chi connectivity index (χ0v) is 14.0. The van der Waals surface area contributed by atoms with E-state index in [1.807, 2.05) is 43.3 Å². The van der Waals surface area contributed by atoms with Gasteiger partial charge in [-0.2, -0.15) is 0 Å². The third kappa shape index (κ3) is 3.01. The maximum Gasteiger partial charge on any atom is 0.161 e. The topological polar surface area (TPSA) is 38.7 Å². The molecule has 0 bridgehead atoms. The van der Waals surface area contributed by atoms with Gasteiger partial charge >= 0.3 is 0 Å². The van der Waals surface area contributed by atoms with Gasteiger partial charge in [0, 0.05) is 9.99 Å². The Hall–Kier alpha value is -1.27. The maximum absolute atomic E-state index is 10.7. The fraction of sp³-hybridized carbons (Fsp3) is 0.294. The van der Waals surface area contributed by atoms with Gasteiger partial charge in [0.25, 0.3) is 0 Å². The van der Waals surface area contributed by atoms with E-state index in [0.717, 1.165) is 26.9 Å². The van der Waals surface area contributed by atoms with Gasteiger partial charge in [0.05, 0.1) is 13.2 Å². The van der Waals surface area contributed by atoms with Crippen molar-refractivity contribution in [3.8, 4) is 11.5 Å². The number of rotatable bonds is 2. The molecule has 1 N–H and O–H groups in total. The number of benzene rings is 2. The van der Waals surface area contributed by atoms with E-state index in [0.29, 0.717) is 19.0 Å². The Bertz CT molecular complexity index is 654. The predicted octanol–water partition coefficient (Wildman–Crippen LogP) is 3.84. The number of fused-ring (bicyclic) bond motifs is 1. The minimum Gasteiger partial charge on any atom is -0.490 e. The molecule has 0 amide bonds. The molecule has 0 radical (unpaired) electrons. The lowest BCUT2D eigenvalue weighted by Crippen LogP contribution is -2.04. The third-order valence-electron chi connectivity index (χ3n) is 3.60. The van der Waals surface area contributed by atoms with Crippen molar-refractivity contribution < 1.29 is 14.6 Å². The summed E-state index contributed by atoms with van der Waals surface area (Å²) in [5.74, 6) is 1.47. The second-order valence-corrected chi connectivity index (χ2v) is 6.22. The number of aliphatic hydroxyl groups excluding tert-OH is 1. The van der Waals surface area contributed by atoms with Gasteiger partial charge < -0.3 is 14.6 Å². The molecule has 0 aromatic heterocycles. The SMILES string of the molecule is Cc1cccc(C(O)c2ccc3c(c2)OCCCO3)c1I. The van der Waals surface area contributed by atoms with E-state index in [1.54, 1.807) is 0 Å². The molecule has 1 unspecified atom stereocenters. The second kappa shape index (κ2) is 6.23. The first kappa shape index (κ1) is 14.7. The Labute approximate surface area is 138 Å². The fourth-order valence-electron chi connectivity index (χ4n) is 2.41. The Balaban J connectivity index is 1.96. The minimum absolute atomic E-state index is 0.647. The van der Waals surface area contributed by atoms with Crippen LogP contribution in [0.4, 0.5) is 0 Å². The summed E-state index contributed by atoms with van der Waals surface area (Å²) >= 11 is 2.28. The van der Waals surface area contributed by atoms with Crippen LogP contribution in [0.2, 0.25) is 0 Å². The molecule has 3 nitrogen and oxygen atoms in total. The molecule has 110 valence electrons. The average molecular weight is 396 g/mol. The van der Waals surface area contributed by atoms with Gasteiger partial charge in [0.2, 0.25) is 0 Å². The monoisotopic (exact) mass is 396 g/mol. The smallest absolute Gasteiger partial charge is 0.161 e. The van der Waals surface area contributed by atoms with E-state index in [9.17, 15) is 5.11 Å². The van der Waals surface area contributed by atoms with Crippen LogP contribution in [0.15, 0.2) is 36.4 Å². The molecule has 0 saturated carbocycles. The highest BCUT2D eigenvalue weighted by Crippen LogP contribution is 2.35. The van der Waals surface area contributed by atoms with Gasteiger partial charge in [0.1, 0.15) is 6.10 Å². The van der Waals surface area contributed by atoms with Gasteiger partial charge in [-0.05, 0) is 58.3 Å². The van der Waals surface area contributed by atoms with Crippen LogP contribution in [0.25, 0.3) is 0 Å². The molecule has 2 aromatic rings. The standard InChI is InChI=1S/C17H17IO3/c1-11-4-2-5-13(16(11)18)17(19)12-6-7-14-15(10-12)21-9-3-8-20-14/h2,4-7,10,17,19H,3,8-9H2,1H3. The highest BCUT2D eigenvalue weighted by Gasteiger charge is 2.18. The first-order chi connectivity index (χ1) is 10.2. The summed E-state index contributed by atoms with van der Waals surface area (Å²) in [6, 6.07) is 11.6. The zero-order chi connectivity index (χ0) is 14.8. The van der Waals surface area contributed by atoms with Crippen molar-refractivity contribution in [2.45, 2.75) is 19.4 Å². The van der Waals surface area contributed by atoms with Gasteiger partial charge in [-0.3, -0.25) is 0 Å². The number of aryl methyl sites for hydroxylation is 1. The van der Waals surface area contributed by atoms with Crippen LogP contribution in [0.1, 0.15) is 29.2 Å². The van der Waals surface area contributed by atoms with Crippen molar-refractivity contribution in [2.24, 2.45) is 0 Å². The summed E-state index contributed by atoms with van der Waals surface area (Å²) in [6.07, 6.45) is 0.219. The van der Waals surface area contributed by atoms with Crippen LogP contribution in [0.3, 0.4) is 0 Å². The first-order valence-corrected chi connectivity index (χ1v) is 8.07. The number of halogens is 1. The molecule has 0 aliphatic carbocycles. The summed E-state index contributed by atoms with van der Waals surface area (Å²) in [7, 11) is 0. The minimum atomic E-state index is -0.658. The van der Waals surface area contributed by atoms with E-state index in [-0.39, 0.29) is 0 Å². The van der Waals surface area contributed by atoms with Crippen molar-refractivity contribution in [3.05, 3.63) is 56.7 Å². The van der Waals surface area contributed by atoms with E-state index in [1.165, 1.54) is 5.56 Å². The highest BCUT2D eigenvalue weighted by atomic mass is 127. The number of hydrogen-bond donors (Lipinski definition) is 1. The maximum atomic E-state index is 10.7. The largest absolute Gasteiger partial charge is 0.490 e. The van der Waals surface area contributed by atoms with E-state index in [2.05, 4.69) is 22.6 Å². The molecule has 1 heterocycles. The van der Waals surface area contributed by atoms with Crippen molar-refractivity contribution in [2.75, 3.05) is 13.2 Å². The molecule has 1 aliphatic rings. The molecule has 1 atom stereocenters. The normalized spacial score (nSPS) is 15.4. The molecule has 1 aliphatic heterocycles. The number of hydrogen-bond acceptors (Lipinski definition) is 3. The predicted molar refractivity (Wildman–Crippen MR) is 90.0 cm³/mol. The molecular weight excluding hydrogens is 379 g/mol. The number of ether oxygens (including phenoxy) is 2. The Morgan fingerprint density at radius 2 is 1.86 bits per heavy atom. The van der Waals surface area contributed by atoms with Crippen molar-refractivity contribution in [1.29, 1.82) is 0 Å². The van der Waals surface area contributed by atoms with E-state index in [4.69, 9.17) is 9.47 Å². The molecule has 0 saturated heterocycles. The quantitative estimate of drug-likeness (QED) is 0.785. The first-order valence-electron chi connectivity index (χ1n) is 6.99. The number of aliphatic hydroxyl groups is 1. The van der Waals surface area contributed by atoms with Crippen molar-refractivity contribution >= 4 is 22.6 Å². The lowest BCUT2D eigenvalue weighted by atomic mass is 9.99. The van der Waals surface area contributed by atoms with Gasteiger partial charge in [-0.1, -0.05) is 24.3 Å². The molecule has 0 spiro atoms. The van der Waals surface area contributed by atoms with Gasteiger partial charge in [-0.15, -0.1) is 0 Å². The average Bonchev–Trinajstić information content (AvgIpc) is 2.74. The third-order valence-corrected chi connectivity index (χ3v) is 5.08. The van der Waals surface area contributed by atoms with Crippen LogP contribution < -0.4 is 9.47 Å². The van der Waals surface area contributed by atoms with E-state index < -0.39 is 6.10 Å². The van der Waals surface area contributed by atoms with Gasteiger partial charge in [-0.25, -0.2) is 0 Å². The molecule has 4 heteroatoms. The molecule has 0 fully saturated rings. The lowest BCUT2D eigenvalue weighted by molar-refractivity contribution is 0.218. The summed E-state index contributed by atoms with van der Waals surface area (Å²) in [6.45, 7) is 3.37. The Morgan fingerprint density at radius 3 is 2.67 bits per heavy atom. The zero-order valence-electron chi connectivity index (χ0n) is 11.8. The summed E-state index contributed by atoms with van der Waals surface area (Å²) < 4.78 is 12.4. The molecule has 3 rings (SSSR count). The van der Waals surface area contributed by atoms with Crippen LogP contribution in [0, 0.1) is 10.5 Å². The second-order valence-electron chi connectivity index (χ2n) is 5.14. The van der Waals surface area contributed by atoms with Crippen LogP contribution in [0.5, 0.6) is 11.5 Å². The van der Waals surface area contributed by atoms with E-state index >= 15 is 0 Å². The molecule has 21 heavy (non-hydrogen) atoms. The Kier molecular flexibility index (Phi) is 4.35. The lowest BCUT2D eigenvalue weighted by Gasteiger charge is -2.16.